The van der Waals surface area contributed by atoms with Gasteiger partial charge in [0, 0.05) is 12.1 Å². The molecule has 0 radical (unpaired) electrons. The van der Waals surface area contributed by atoms with Gasteiger partial charge in [-0.2, -0.15) is 0 Å². The minimum absolute atomic E-state index is 0.200. The number of imide groups is 1. The molecule has 0 aliphatic carbocycles. The second kappa shape index (κ2) is 6.23. The molecule has 0 bridgehead atoms. The normalized spacial score (nSPS) is 16.9. The first-order valence-electron chi connectivity index (χ1n) is 5.50. The highest BCUT2D eigenvalue weighted by Gasteiger charge is 2.41. The molecular weight excluding hydrogens is 360 g/mol. The lowest BCUT2D eigenvalue weighted by atomic mass is 10.3. The zero-order chi connectivity index (χ0) is 15.7. The number of halogens is 4. The maximum Gasteiger partial charge on any atom is 0.337 e. The van der Waals surface area contributed by atoms with E-state index in [0.717, 1.165) is 9.80 Å². The Bertz CT molecular complexity index is 666. The molecule has 1 heterocycles. The molecule has 1 aromatic carbocycles. The first-order chi connectivity index (χ1) is 9.82. The van der Waals surface area contributed by atoms with Crippen LogP contribution in [0.25, 0.3) is 0 Å². The minimum Gasteiger partial charge on any atom is -0.265 e. The van der Waals surface area contributed by atoms with Crippen LogP contribution < -0.4 is 4.90 Å². The van der Waals surface area contributed by atoms with E-state index in [1.165, 1.54) is 7.05 Å². The number of urea groups is 1. The number of aliphatic imine (C=N–C) groups is 1. The predicted octanol–water partition coefficient (Wildman–Crippen LogP) is 3.98. The van der Waals surface area contributed by atoms with Gasteiger partial charge in [0.25, 0.3) is 5.91 Å². The first-order valence-corrected chi connectivity index (χ1v) is 7.01. The third kappa shape index (κ3) is 3.16. The van der Waals surface area contributed by atoms with Gasteiger partial charge in [-0.05, 0) is 24.3 Å². The fourth-order valence-corrected chi connectivity index (χ4v) is 1.92. The van der Waals surface area contributed by atoms with E-state index in [-0.39, 0.29) is 15.5 Å². The molecule has 0 saturated carbocycles. The summed E-state index contributed by atoms with van der Waals surface area (Å²) in [5, 5.41) is 0.203. The lowest BCUT2D eigenvalue weighted by Crippen LogP contribution is -2.31. The van der Waals surface area contributed by atoms with E-state index in [0.29, 0.717) is 10.7 Å². The van der Waals surface area contributed by atoms with E-state index in [9.17, 15) is 9.59 Å². The predicted molar refractivity (Wildman–Crippen MR) is 84.1 cm³/mol. The standard InChI is InChI=1S/C12H7Cl4N3O2/c1-18-11(20)10(17-9(16)8(14)15)19(12(18)21)7-4-2-6(13)3-5-7/h2-5H,1H3. The monoisotopic (exact) mass is 365 g/mol. The number of hydrogen-bond acceptors (Lipinski definition) is 3. The average Bonchev–Trinajstić information content (AvgIpc) is 2.65. The number of hydrogen-bond donors (Lipinski definition) is 0. The lowest BCUT2D eigenvalue weighted by molar-refractivity contribution is -0.119. The molecule has 1 fully saturated rings. The van der Waals surface area contributed by atoms with Crippen molar-refractivity contribution in [3.8, 4) is 0 Å². The summed E-state index contributed by atoms with van der Waals surface area (Å²) in [6, 6.07) is 5.73. The molecule has 21 heavy (non-hydrogen) atoms. The minimum atomic E-state index is -0.623. The Labute approximate surface area is 140 Å². The van der Waals surface area contributed by atoms with Crippen molar-refractivity contribution in [1.29, 1.82) is 0 Å². The molecule has 2 rings (SSSR count). The van der Waals surface area contributed by atoms with E-state index < -0.39 is 11.9 Å². The van der Waals surface area contributed by atoms with Gasteiger partial charge in [0.1, 0.15) is 4.49 Å². The van der Waals surface area contributed by atoms with Gasteiger partial charge in [0.2, 0.25) is 5.84 Å². The van der Waals surface area contributed by atoms with Crippen molar-refractivity contribution < 1.29 is 9.59 Å². The zero-order valence-corrected chi connectivity index (χ0v) is 13.5. The summed E-state index contributed by atoms with van der Waals surface area (Å²) >= 11 is 22.5. The molecular formula is C12H7Cl4N3O2. The van der Waals surface area contributed by atoms with E-state index >= 15 is 0 Å². The summed E-state index contributed by atoms with van der Waals surface area (Å²) in [6.45, 7) is 0. The number of carbonyl (C=O) groups is 2. The Morgan fingerprint density at radius 3 is 2.19 bits per heavy atom. The van der Waals surface area contributed by atoms with Gasteiger partial charge in [-0.1, -0.05) is 46.4 Å². The van der Waals surface area contributed by atoms with Gasteiger partial charge in [0.05, 0.1) is 5.69 Å². The van der Waals surface area contributed by atoms with Crippen molar-refractivity contribution in [3.63, 3.8) is 0 Å². The Morgan fingerprint density at radius 1 is 1.10 bits per heavy atom. The van der Waals surface area contributed by atoms with Crippen LogP contribution in [0.2, 0.25) is 5.02 Å². The van der Waals surface area contributed by atoms with Crippen LogP contribution in [0.4, 0.5) is 10.5 Å². The number of nitrogens with zero attached hydrogens (tertiary/aromatic N) is 3. The number of amidine groups is 1. The molecule has 5 nitrogen and oxygen atoms in total. The fraction of sp³-hybridized carbons (Fsp3) is 0.0833. The number of benzene rings is 1. The van der Waals surface area contributed by atoms with Gasteiger partial charge in [-0.25, -0.2) is 14.7 Å². The highest BCUT2D eigenvalue weighted by molar-refractivity contribution is 6.60. The highest BCUT2D eigenvalue weighted by atomic mass is 35.5. The fourth-order valence-electron chi connectivity index (χ4n) is 1.63. The molecule has 1 aliphatic heterocycles. The number of carbonyl (C=O) groups excluding carboxylic acids is 2. The topological polar surface area (TPSA) is 53.0 Å². The van der Waals surface area contributed by atoms with Gasteiger partial charge in [-0.3, -0.25) is 9.69 Å². The van der Waals surface area contributed by atoms with Crippen LogP contribution in [0.3, 0.4) is 0 Å². The SMILES string of the molecule is CN1C(=O)C(=NC(Cl)=C(Cl)Cl)N(c2ccc(Cl)cc2)C1=O. The Hall–Kier alpha value is -1.27. The molecule has 0 unspecified atom stereocenters. The van der Waals surface area contributed by atoms with Gasteiger partial charge >= 0.3 is 6.03 Å². The van der Waals surface area contributed by atoms with E-state index in [4.69, 9.17) is 46.4 Å². The molecule has 0 aromatic heterocycles. The van der Waals surface area contributed by atoms with Crippen molar-refractivity contribution in [2.75, 3.05) is 11.9 Å². The number of anilines is 1. The molecule has 3 amide bonds. The summed E-state index contributed by atoms with van der Waals surface area (Å²) in [4.78, 5) is 30.0. The molecule has 1 aromatic rings. The highest BCUT2D eigenvalue weighted by Crippen LogP contribution is 2.26. The third-order valence-corrected chi connectivity index (χ3v) is 3.71. The summed E-state index contributed by atoms with van der Waals surface area (Å²) in [5.74, 6) is -0.823. The summed E-state index contributed by atoms with van der Waals surface area (Å²) < 4.78 is -0.310. The van der Waals surface area contributed by atoms with Gasteiger partial charge in [-0.15, -0.1) is 0 Å². The molecule has 0 spiro atoms. The molecule has 1 saturated heterocycles. The lowest BCUT2D eigenvalue weighted by Gasteiger charge is -2.14. The maximum absolute atomic E-state index is 12.2. The second-order valence-electron chi connectivity index (χ2n) is 3.95. The molecule has 1 aliphatic rings. The van der Waals surface area contributed by atoms with Crippen LogP contribution in [0.1, 0.15) is 0 Å². The zero-order valence-electron chi connectivity index (χ0n) is 10.5. The van der Waals surface area contributed by atoms with Crippen LogP contribution in [-0.2, 0) is 4.79 Å². The summed E-state index contributed by atoms with van der Waals surface area (Å²) in [7, 11) is 1.33. The Kier molecular flexibility index (Phi) is 4.78. The van der Waals surface area contributed by atoms with Gasteiger partial charge in [0.15, 0.2) is 5.16 Å². The van der Waals surface area contributed by atoms with Crippen LogP contribution in [0.5, 0.6) is 0 Å². The smallest absolute Gasteiger partial charge is 0.265 e. The Balaban J connectivity index is 2.55. The Morgan fingerprint density at radius 2 is 1.67 bits per heavy atom. The number of likely N-dealkylation sites (N-methyl/N-ethyl adjacent to an activating group) is 1. The second-order valence-corrected chi connectivity index (χ2v) is 5.69. The largest absolute Gasteiger partial charge is 0.337 e. The van der Waals surface area contributed by atoms with E-state index in [2.05, 4.69) is 4.99 Å². The molecule has 0 N–H and O–H groups in total. The van der Waals surface area contributed by atoms with Crippen molar-refractivity contribution in [1.82, 2.24) is 4.90 Å². The van der Waals surface area contributed by atoms with Gasteiger partial charge < -0.3 is 0 Å². The van der Waals surface area contributed by atoms with Crippen LogP contribution in [-0.4, -0.2) is 29.7 Å². The number of rotatable bonds is 2. The van der Waals surface area contributed by atoms with Crippen molar-refractivity contribution in [3.05, 3.63) is 38.9 Å². The van der Waals surface area contributed by atoms with E-state index in [1.54, 1.807) is 24.3 Å². The van der Waals surface area contributed by atoms with Crippen molar-refractivity contribution in [2.24, 2.45) is 4.99 Å². The maximum atomic E-state index is 12.2. The molecule has 9 heteroatoms. The quantitative estimate of drug-likeness (QED) is 0.587. The summed E-state index contributed by atoms with van der Waals surface area (Å²) in [5.41, 5.74) is 0.413. The van der Waals surface area contributed by atoms with Crippen LogP contribution in [0.15, 0.2) is 38.9 Å². The first kappa shape index (κ1) is 16.1. The van der Waals surface area contributed by atoms with E-state index in [1.807, 2.05) is 0 Å². The molecule has 0 atom stereocenters. The number of amides is 3. The third-order valence-electron chi connectivity index (χ3n) is 2.63. The van der Waals surface area contributed by atoms with Crippen molar-refractivity contribution in [2.45, 2.75) is 0 Å². The van der Waals surface area contributed by atoms with Crippen LogP contribution in [0, 0.1) is 0 Å². The average molecular weight is 367 g/mol. The van der Waals surface area contributed by atoms with Crippen molar-refractivity contribution >= 4 is 69.9 Å². The molecule has 110 valence electrons. The van der Waals surface area contributed by atoms with Crippen LogP contribution >= 0.6 is 46.4 Å². The summed E-state index contributed by atoms with van der Waals surface area (Å²) in [6.07, 6.45) is 0.